The number of aromatic nitrogens is 2. The quantitative estimate of drug-likeness (QED) is 0.559. The second-order valence-electron chi connectivity index (χ2n) is 7.13. The van der Waals surface area contributed by atoms with E-state index in [2.05, 4.69) is 20.8 Å². The van der Waals surface area contributed by atoms with Crippen LogP contribution < -0.4 is 16.4 Å². The van der Waals surface area contributed by atoms with E-state index in [1.165, 1.54) is 0 Å². The fourth-order valence-electron chi connectivity index (χ4n) is 3.69. The zero-order valence-electron chi connectivity index (χ0n) is 16.2. The Morgan fingerprint density at radius 1 is 1.21 bits per heavy atom. The fraction of sp³-hybridized carbons (Fsp3) is 0.286. The summed E-state index contributed by atoms with van der Waals surface area (Å²) in [6.45, 7) is 3.81. The van der Waals surface area contributed by atoms with Crippen LogP contribution >= 0.6 is 0 Å². The van der Waals surface area contributed by atoms with Crippen molar-refractivity contribution >= 4 is 23.5 Å². The zero-order valence-corrected chi connectivity index (χ0v) is 16.2. The van der Waals surface area contributed by atoms with E-state index in [1.54, 1.807) is 6.20 Å². The van der Waals surface area contributed by atoms with Gasteiger partial charge in [-0.05, 0) is 50.5 Å². The molecule has 7 nitrogen and oxygen atoms in total. The lowest BCUT2D eigenvalue weighted by Crippen LogP contribution is -2.05. The predicted molar refractivity (Wildman–Crippen MR) is 110 cm³/mol. The van der Waals surface area contributed by atoms with Gasteiger partial charge >= 0.3 is 0 Å². The van der Waals surface area contributed by atoms with Gasteiger partial charge in [-0.3, -0.25) is 9.78 Å². The summed E-state index contributed by atoms with van der Waals surface area (Å²) < 4.78 is 5.36. The highest BCUT2D eigenvalue weighted by molar-refractivity contribution is 5.97. The van der Waals surface area contributed by atoms with E-state index in [4.69, 9.17) is 10.3 Å². The molecule has 0 radical (unpaired) electrons. The highest BCUT2D eigenvalue weighted by atomic mass is 16.5. The van der Waals surface area contributed by atoms with Crippen molar-refractivity contribution in [1.29, 1.82) is 0 Å². The molecule has 0 spiro atoms. The van der Waals surface area contributed by atoms with Gasteiger partial charge in [0.25, 0.3) is 0 Å². The lowest BCUT2D eigenvalue weighted by molar-refractivity contribution is -0.105. The number of carbonyl (C=O) groups is 1. The number of nitrogen functional groups attached to an aromatic ring is 1. The predicted octanol–water partition coefficient (Wildman–Crippen LogP) is 4.09. The molecule has 0 saturated heterocycles. The van der Waals surface area contributed by atoms with Gasteiger partial charge in [-0.25, -0.2) is 0 Å². The van der Waals surface area contributed by atoms with Gasteiger partial charge in [0.05, 0.1) is 34.6 Å². The number of hydrogen-bond acceptors (Lipinski definition) is 6. The zero-order chi connectivity index (χ0) is 19.8. The molecule has 3 aromatic rings. The van der Waals surface area contributed by atoms with Gasteiger partial charge in [-0.2, -0.15) is 0 Å². The maximum Gasteiger partial charge on any atom is 0.211 e. The Morgan fingerprint density at radius 2 is 2.00 bits per heavy atom. The van der Waals surface area contributed by atoms with Gasteiger partial charge in [0.15, 0.2) is 0 Å². The standard InChI is InChI=1S/C21H23N5O2/c1-11-19(12(2)28-26-11)14-6-16(21(25-10-27)18(7-14)23-3)17-8-15(22)9-24-20(17)13-4-5-13/h6-10,13,23H,4-5,22H2,1-3H3,(H,25,27). The van der Waals surface area contributed by atoms with Crippen LogP contribution in [0, 0.1) is 13.8 Å². The SMILES string of the molecule is CNc1cc(-c2c(C)noc2C)cc(-c2cc(N)cnc2C2CC2)c1NC=O. The van der Waals surface area contributed by atoms with Crippen LogP contribution in [0.5, 0.6) is 0 Å². The first-order valence-electron chi connectivity index (χ1n) is 9.28. The summed E-state index contributed by atoms with van der Waals surface area (Å²) in [6.07, 6.45) is 4.61. The number of benzene rings is 1. The van der Waals surface area contributed by atoms with Gasteiger partial charge in [-0.15, -0.1) is 0 Å². The van der Waals surface area contributed by atoms with Crippen LogP contribution in [0.4, 0.5) is 17.1 Å². The molecule has 1 aromatic carbocycles. The Hall–Kier alpha value is -3.35. The van der Waals surface area contributed by atoms with E-state index < -0.39 is 0 Å². The van der Waals surface area contributed by atoms with Crippen molar-refractivity contribution in [2.24, 2.45) is 0 Å². The summed E-state index contributed by atoms with van der Waals surface area (Å²) in [7, 11) is 1.83. The van der Waals surface area contributed by atoms with Crippen molar-refractivity contribution in [1.82, 2.24) is 10.1 Å². The Balaban J connectivity index is 2.01. The molecule has 0 aliphatic heterocycles. The molecule has 1 amide bonds. The summed E-state index contributed by atoms with van der Waals surface area (Å²) in [5.74, 6) is 1.18. The third-order valence-electron chi connectivity index (χ3n) is 5.13. The van der Waals surface area contributed by atoms with Gasteiger partial charge in [0, 0.05) is 29.7 Å². The van der Waals surface area contributed by atoms with Crippen LogP contribution in [-0.2, 0) is 4.79 Å². The topological polar surface area (TPSA) is 106 Å². The van der Waals surface area contributed by atoms with Crippen LogP contribution in [-0.4, -0.2) is 23.6 Å². The number of pyridine rings is 1. The van der Waals surface area contributed by atoms with Crippen molar-refractivity contribution < 1.29 is 9.32 Å². The van der Waals surface area contributed by atoms with E-state index >= 15 is 0 Å². The monoisotopic (exact) mass is 377 g/mol. The van der Waals surface area contributed by atoms with E-state index in [0.717, 1.165) is 57.9 Å². The molecule has 28 heavy (non-hydrogen) atoms. The minimum Gasteiger partial charge on any atom is -0.397 e. The Kier molecular flexibility index (Phi) is 4.50. The number of amides is 1. The molecule has 2 aromatic heterocycles. The largest absolute Gasteiger partial charge is 0.397 e. The van der Waals surface area contributed by atoms with Crippen molar-refractivity contribution in [3.63, 3.8) is 0 Å². The minimum atomic E-state index is 0.431. The highest BCUT2D eigenvalue weighted by Gasteiger charge is 2.29. The lowest BCUT2D eigenvalue weighted by atomic mass is 9.93. The first-order chi connectivity index (χ1) is 13.5. The molecule has 1 aliphatic carbocycles. The average Bonchev–Trinajstić information content (AvgIpc) is 3.47. The van der Waals surface area contributed by atoms with Crippen LogP contribution in [0.25, 0.3) is 22.3 Å². The van der Waals surface area contributed by atoms with E-state index in [0.29, 0.717) is 23.7 Å². The molecule has 0 unspecified atom stereocenters. The molecule has 1 aliphatic rings. The first kappa shape index (κ1) is 18.0. The molecule has 7 heteroatoms. The van der Waals surface area contributed by atoms with Crippen molar-refractivity contribution in [2.75, 3.05) is 23.4 Å². The summed E-state index contributed by atoms with van der Waals surface area (Å²) in [6, 6.07) is 5.96. The molecule has 4 rings (SSSR count). The number of nitrogens with one attached hydrogen (secondary N) is 2. The smallest absolute Gasteiger partial charge is 0.211 e. The maximum atomic E-state index is 11.3. The number of anilines is 3. The molecule has 0 bridgehead atoms. The second-order valence-corrected chi connectivity index (χ2v) is 7.13. The Morgan fingerprint density at radius 3 is 2.61 bits per heavy atom. The van der Waals surface area contributed by atoms with Crippen LogP contribution in [0.3, 0.4) is 0 Å². The molecule has 0 atom stereocenters. The number of hydrogen-bond donors (Lipinski definition) is 3. The summed E-state index contributed by atoms with van der Waals surface area (Å²) >= 11 is 0. The third kappa shape index (κ3) is 3.09. The number of rotatable bonds is 6. The van der Waals surface area contributed by atoms with Crippen LogP contribution in [0.15, 0.2) is 28.9 Å². The van der Waals surface area contributed by atoms with Crippen molar-refractivity contribution in [3.8, 4) is 22.3 Å². The Bertz CT molecular complexity index is 1030. The molecule has 1 fully saturated rings. The summed E-state index contributed by atoms with van der Waals surface area (Å²) in [4.78, 5) is 16.0. The van der Waals surface area contributed by atoms with Gasteiger partial charge in [0.2, 0.25) is 6.41 Å². The number of carbonyl (C=O) groups excluding carboxylic acids is 1. The molecule has 4 N–H and O–H groups in total. The number of aryl methyl sites for hydroxylation is 2. The van der Waals surface area contributed by atoms with Crippen molar-refractivity contribution in [3.05, 3.63) is 41.5 Å². The molecule has 144 valence electrons. The molecular formula is C21H23N5O2. The highest BCUT2D eigenvalue weighted by Crippen LogP contribution is 2.47. The molecule has 1 saturated carbocycles. The van der Waals surface area contributed by atoms with Crippen LogP contribution in [0.1, 0.15) is 35.9 Å². The third-order valence-corrected chi connectivity index (χ3v) is 5.13. The normalized spacial score (nSPS) is 13.4. The molecular weight excluding hydrogens is 354 g/mol. The van der Waals surface area contributed by atoms with Gasteiger partial charge in [0.1, 0.15) is 5.76 Å². The number of nitrogens with two attached hydrogens (primary N) is 1. The minimum absolute atomic E-state index is 0.431. The number of nitrogens with zero attached hydrogens (tertiary/aromatic N) is 2. The molecule has 2 heterocycles. The van der Waals surface area contributed by atoms with E-state index in [1.807, 2.05) is 39.1 Å². The maximum absolute atomic E-state index is 11.3. The summed E-state index contributed by atoms with van der Waals surface area (Å²) in [5, 5.41) is 10.1. The van der Waals surface area contributed by atoms with Crippen molar-refractivity contribution in [2.45, 2.75) is 32.6 Å². The second kappa shape index (κ2) is 6.99. The van der Waals surface area contributed by atoms with E-state index in [-0.39, 0.29) is 0 Å². The lowest BCUT2D eigenvalue weighted by Gasteiger charge is -2.18. The first-order valence-corrected chi connectivity index (χ1v) is 9.28. The van der Waals surface area contributed by atoms with Crippen LogP contribution in [0.2, 0.25) is 0 Å². The van der Waals surface area contributed by atoms with Gasteiger partial charge < -0.3 is 20.9 Å². The fourth-order valence-corrected chi connectivity index (χ4v) is 3.69. The van der Waals surface area contributed by atoms with E-state index in [9.17, 15) is 4.79 Å². The van der Waals surface area contributed by atoms with Gasteiger partial charge in [-0.1, -0.05) is 5.16 Å². The Labute approximate surface area is 163 Å². The average molecular weight is 377 g/mol. The summed E-state index contributed by atoms with van der Waals surface area (Å²) in [5.41, 5.74) is 13.7.